The van der Waals surface area contributed by atoms with Crippen LogP contribution in [0.2, 0.25) is 0 Å². The van der Waals surface area contributed by atoms with Gasteiger partial charge in [-0.2, -0.15) is 13.2 Å². The summed E-state index contributed by atoms with van der Waals surface area (Å²) in [5.41, 5.74) is -1.86. The average molecular weight is 224 g/mol. The third-order valence-electron chi connectivity index (χ3n) is 1.73. The summed E-state index contributed by atoms with van der Waals surface area (Å²) in [6.45, 7) is 7.64. The van der Waals surface area contributed by atoms with Gasteiger partial charge in [0.15, 0.2) is 0 Å². The first-order chi connectivity index (χ1) is 6.52. The first kappa shape index (κ1) is 14.5. The Morgan fingerprint density at radius 3 is 2.27 bits per heavy atom. The number of alkyl halides is 3. The lowest BCUT2D eigenvalue weighted by Crippen LogP contribution is -2.29. The quantitative estimate of drug-likeness (QED) is 0.723. The highest BCUT2D eigenvalue weighted by atomic mass is 19.4. The zero-order chi connectivity index (χ0) is 12.3. The van der Waals surface area contributed by atoms with Gasteiger partial charge in [0, 0.05) is 11.6 Å². The summed E-state index contributed by atoms with van der Waals surface area (Å²) in [6.07, 6.45) is -4.57. The van der Waals surface area contributed by atoms with Crippen molar-refractivity contribution in [2.45, 2.75) is 45.1 Å². The van der Waals surface area contributed by atoms with Gasteiger partial charge >= 0.3 is 13.7 Å². The van der Waals surface area contributed by atoms with E-state index < -0.39 is 30.8 Å². The van der Waals surface area contributed by atoms with Gasteiger partial charge in [0.2, 0.25) is 0 Å². The first-order valence-corrected chi connectivity index (χ1v) is 4.61. The van der Waals surface area contributed by atoms with Crippen molar-refractivity contribution in [2.75, 3.05) is 0 Å². The van der Waals surface area contributed by atoms with Crippen LogP contribution in [-0.2, 0) is 4.65 Å². The Morgan fingerprint density at radius 2 is 1.93 bits per heavy atom. The van der Waals surface area contributed by atoms with Gasteiger partial charge in [-0.05, 0) is 27.2 Å². The van der Waals surface area contributed by atoms with Crippen LogP contribution in [0, 0.1) is 0 Å². The van der Waals surface area contributed by atoms with Crippen molar-refractivity contribution >= 4 is 7.48 Å². The highest BCUT2D eigenvalue weighted by Gasteiger charge is 2.33. The Morgan fingerprint density at radius 1 is 1.47 bits per heavy atom. The van der Waals surface area contributed by atoms with Crippen molar-refractivity contribution in [1.82, 2.24) is 0 Å². The molecule has 0 radical (unpaired) electrons. The van der Waals surface area contributed by atoms with Crippen molar-refractivity contribution in [2.24, 2.45) is 0 Å². The highest BCUT2D eigenvalue weighted by Crippen LogP contribution is 2.23. The van der Waals surface area contributed by atoms with Crippen molar-refractivity contribution in [3.05, 3.63) is 12.1 Å². The van der Waals surface area contributed by atoms with Crippen molar-refractivity contribution in [1.29, 1.82) is 0 Å². The van der Waals surface area contributed by atoms with Crippen molar-refractivity contribution < 1.29 is 22.9 Å². The van der Waals surface area contributed by atoms with Gasteiger partial charge in [-0.3, -0.25) is 0 Å². The van der Waals surface area contributed by atoms with Crippen LogP contribution < -0.4 is 0 Å². The van der Waals surface area contributed by atoms with Crippen LogP contribution in [-0.4, -0.2) is 30.5 Å². The predicted molar refractivity (Wildman–Crippen MR) is 53.8 cm³/mol. The summed E-state index contributed by atoms with van der Waals surface area (Å²) < 4.78 is 41.0. The van der Waals surface area contributed by atoms with Crippen LogP contribution in [0.15, 0.2) is 12.1 Å². The lowest BCUT2D eigenvalue weighted by atomic mass is 9.87. The monoisotopic (exact) mass is 224 g/mol. The van der Waals surface area contributed by atoms with Crippen LogP contribution in [0.5, 0.6) is 0 Å². The Balaban J connectivity index is 3.92. The van der Waals surface area contributed by atoms with Crippen molar-refractivity contribution in [3.8, 4) is 0 Å². The SMILES string of the molecule is C=C(BOC(C)CC(C)(C)O)C(F)(F)F. The molecular formula is C9H16BF3O2. The van der Waals surface area contributed by atoms with Crippen LogP contribution >= 0.6 is 0 Å². The van der Waals surface area contributed by atoms with Gasteiger partial charge < -0.3 is 9.76 Å². The molecule has 0 heterocycles. The molecule has 0 aliphatic carbocycles. The van der Waals surface area contributed by atoms with Gasteiger partial charge in [0.05, 0.1) is 5.60 Å². The minimum atomic E-state index is -4.41. The van der Waals surface area contributed by atoms with E-state index in [0.717, 1.165) is 0 Å². The van der Waals surface area contributed by atoms with E-state index in [2.05, 4.69) is 6.58 Å². The zero-order valence-corrected chi connectivity index (χ0v) is 9.19. The summed E-state index contributed by atoms with van der Waals surface area (Å²) >= 11 is 0. The maximum Gasteiger partial charge on any atom is 0.406 e. The second-order valence-electron chi connectivity index (χ2n) is 4.24. The largest absolute Gasteiger partial charge is 0.432 e. The van der Waals surface area contributed by atoms with E-state index in [-0.39, 0.29) is 6.42 Å². The molecule has 0 aromatic heterocycles. The lowest BCUT2D eigenvalue weighted by molar-refractivity contribution is -0.0860. The Labute approximate surface area is 88.4 Å². The van der Waals surface area contributed by atoms with Crippen LogP contribution in [0.3, 0.4) is 0 Å². The topological polar surface area (TPSA) is 29.5 Å². The summed E-state index contributed by atoms with van der Waals surface area (Å²) in [5.74, 6) is 0. The van der Waals surface area contributed by atoms with Gasteiger partial charge in [-0.25, -0.2) is 0 Å². The molecule has 6 heteroatoms. The molecule has 0 bridgehead atoms. The first-order valence-electron chi connectivity index (χ1n) is 4.61. The minimum absolute atomic E-state index is 0.276. The molecule has 88 valence electrons. The molecule has 0 saturated carbocycles. The predicted octanol–water partition coefficient (Wildman–Crippen LogP) is 1.98. The Bertz CT molecular complexity index is 220. The Kier molecular flexibility index (Phi) is 4.87. The molecule has 0 saturated heterocycles. The fraction of sp³-hybridized carbons (Fsp3) is 0.778. The van der Waals surface area contributed by atoms with Crippen LogP contribution in [0.25, 0.3) is 0 Å². The fourth-order valence-corrected chi connectivity index (χ4v) is 1.09. The molecule has 15 heavy (non-hydrogen) atoms. The molecule has 0 fully saturated rings. The molecule has 0 aliphatic rings. The summed E-state index contributed by atoms with van der Waals surface area (Å²) in [6, 6.07) is 0. The Hall–Kier alpha value is -0.485. The number of hydrogen-bond acceptors (Lipinski definition) is 2. The highest BCUT2D eigenvalue weighted by molar-refractivity contribution is 6.38. The molecule has 0 aromatic rings. The average Bonchev–Trinajstić information content (AvgIpc) is 1.94. The third kappa shape index (κ3) is 7.44. The van der Waals surface area contributed by atoms with E-state index in [1.54, 1.807) is 20.8 Å². The van der Waals surface area contributed by atoms with Crippen LogP contribution in [0.1, 0.15) is 27.2 Å². The molecule has 1 N–H and O–H groups in total. The summed E-state index contributed by atoms with van der Waals surface area (Å²) in [4.78, 5) is 0. The van der Waals surface area contributed by atoms with Gasteiger partial charge in [-0.1, -0.05) is 6.58 Å². The molecule has 1 unspecified atom stereocenters. The van der Waals surface area contributed by atoms with Gasteiger partial charge in [-0.15, -0.1) is 0 Å². The molecular weight excluding hydrogens is 208 g/mol. The van der Waals surface area contributed by atoms with Crippen LogP contribution in [0.4, 0.5) is 13.2 Å². The van der Waals surface area contributed by atoms with E-state index in [9.17, 15) is 18.3 Å². The summed E-state index contributed by atoms with van der Waals surface area (Å²) in [7, 11) is -0.555. The lowest BCUT2D eigenvalue weighted by Gasteiger charge is -2.23. The number of rotatable bonds is 5. The standard InChI is InChI=1S/C9H16BF3O2/c1-6(5-8(3,4)14)15-10-7(2)9(11,12)13/h6,10,14H,2,5H2,1,3-4H3. The van der Waals surface area contributed by atoms with E-state index in [0.29, 0.717) is 0 Å². The molecule has 0 aromatic carbocycles. The molecule has 0 amide bonds. The van der Waals surface area contributed by atoms with Gasteiger partial charge in [0.25, 0.3) is 0 Å². The van der Waals surface area contributed by atoms with E-state index in [1.807, 2.05) is 0 Å². The van der Waals surface area contributed by atoms with E-state index in [4.69, 9.17) is 4.65 Å². The number of aliphatic hydroxyl groups is 1. The fourth-order valence-electron chi connectivity index (χ4n) is 1.09. The normalized spacial score (nSPS) is 14.9. The second kappa shape index (κ2) is 5.03. The number of hydrogen-bond donors (Lipinski definition) is 1. The number of allylic oxidation sites excluding steroid dienone is 1. The second-order valence-corrected chi connectivity index (χ2v) is 4.24. The molecule has 0 aliphatic heterocycles. The van der Waals surface area contributed by atoms with E-state index >= 15 is 0 Å². The molecule has 2 nitrogen and oxygen atoms in total. The maximum absolute atomic E-state index is 12.0. The molecule has 0 rings (SSSR count). The molecule has 0 spiro atoms. The van der Waals surface area contributed by atoms with Crippen molar-refractivity contribution in [3.63, 3.8) is 0 Å². The smallest absolute Gasteiger partial charge is 0.406 e. The third-order valence-corrected chi connectivity index (χ3v) is 1.73. The summed E-state index contributed by atoms with van der Waals surface area (Å²) in [5, 5.41) is 9.39. The van der Waals surface area contributed by atoms with E-state index in [1.165, 1.54) is 0 Å². The maximum atomic E-state index is 12.0. The van der Waals surface area contributed by atoms with Gasteiger partial charge in [0.1, 0.15) is 0 Å². The minimum Gasteiger partial charge on any atom is -0.432 e. The molecule has 1 atom stereocenters. The zero-order valence-electron chi connectivity index (χ0n) is 9.19. The number of halogens is 3.